The molecule has 1 N–H and O–H groups in total. The van der Waals surface area contributed by atoms with Crippen LogP contribution in [-0.4, -0.2) is 42.0 Å². The Labute approximate surface area is 193 Å². The first kappa shape index (κ1) is 27.9. The lowest BCUT2D eigenvalue weighted by molar-refractivity contribution is -0.861. The number of carbonyl (C=O) groups excluding carboxylic acids is 1. The van der Waals surface area contributed by atoms with Gasteiger partial charge in [-0.05, 0) is 39.0 Å². The smallest absolute Gasteiger partial charge is 0.221 e. The number of amidine groups is 1. The Bertz CT molecular complexity index is 529. The number of quaternary nitrogens is 1. The number of aliphatic imine (C=N–C) groups is 1. The Balaban J connectivity index is 2.03. The van der Waals surface area contributed by atoms with Crippen molar-refractivity contribution in [2.45, 2.75) is 130 Å². The maximum absolute atomic E-state index is 11.5. The van der Waals surface area contributed by atoms with E-state index < -0.39 is 0 Å². The number of carbonyl (C=O) groups is 1. The van der Waals surface area contributed by atoms with Crippen molar-refractivity contribution in [2.75, 3.05) is 19.6 Å². The second-order valence-corrected chi connectivity index (χ2v) is 9.44. The molecular weight excluding hydrogens is 382 g/mol. The number of likely N-dealkylation sites (N-methyl/N-ethyl adjacent to an activating group) is 1. The molecule has 180 valence electrons. The van der Waals surface area contributed by atoms with Crippen LogP contribution in [0.25, 0.3) is 0 Å². The van der Waals surface area contributed by atoms with Gasteiger partial charge in [0.05, 0.1) is 13.1 Å². The number of allylic oxidation sites excluding steroid dienone is 2. The van der Waals surface area contributed by atoms with Crippen molar-refractivity contribution in [3.05, 3.63) is 12.2 Å². The minimum absolute atomic E-state index is 0.0585. The van der Waals surface area contributed by atoms with E-state index in [0.29, 0.717) is 0 Å². The largest absolute Gasteiger partial charge is 0.307 e. The summed E-state index contributed by atoms with van der Waals surface area (Å²) in [4.78, 5) is 16.4. The second-order valence-electron chi connectivity index (χ2n) is 9.44. The van der Waals surface area contributed by atoms with Crippen LogP contribution in [0.1, 0.15) is 124 Å². The summed E-state index contributed by atoms with van der Waals surface area (Å²) in [5, 5.41) is 3.11. The van der Waals surface area contributed by atoms with Gasteiger partial charge >= 0.3 is 0 Å². The van der Waals surface area contributed by atoms with Crippen molar-refractivity contribution in [3.8, 4) is 0 Å². The SMILES string of the molecule is CCCCCC/C=C/CCCCCCCCCCC1=NCC[N+]1(CC)C(C)NC(C)=O. The number of hydrogen-bond acceptors (Lipinski definition) is 2. The molecule has 0 fully saturated rings. The van der Waals surface area contributed by atoms with Gasteiger partial charge in [0, 0.05) is 20.3 Å². The Morgan fingerprint density at radius 3 is 2.03 bits per heavy atom. The minimum atomic E-state index is 0.0585. The van der Waals surface area contributed by atoms with Gasteiger partial charge in [0.15, 0.2) is 12.0 Å². The van der Waals surface area contributed by atoms with Crippen molar-refractivity contribution < 1.29 is 9.28 Å². The quantitative estimate of drug-likeness (QED) is 0.131. The highest BCUT2D eigenvalue weighted by atomic mass is 16.1. The van der Waals surface area contributed by atoms with Crippen molar-refractivity contribution in [1.29, 1.82) is 0 Å². The summed E-state index contributed by atoms with van der Waals surface area (Å²) >= 11 is 0. The molecule has 4 nitrogen and oxygen atoms in total. The highest BCUT2D eigenvalue weighted by Gasteiger charge is 2.41. The van der Waals surface area contributed by atoms with Crippen molar-refractivity contribution in [1.82, 2.24) is 5.32 Å². The van der Waals surface area contributed by atoms with E-state index in [2.05, 4.69) is 38.2 Å². The number of nitrogens with one attached hydrogen (secondary N) is 1. The zero-order valence-corrected chi connectivity index (χ0v) is 21.3. The normalized spacial score (nSPS) is 19.7. The van der Waals surface area contributed by atoms with Gasteiger partial charge in [-0.2, -0.15) is 0 Å². The summed E-state index contributed by atoms with van der Waals surface area (Å²) < 4.78 is 0.854. The standard InChI is InChI=1S/C27H51N3O/c1-5-7-8-9-10-11-12-13-14-15-16-17-18-19-20-21-22-27-28-23-24-30(27,6-2)25(3)29-26(4)31/h11-12,25H,5-10,13-24H2,1-4H3/p+1/b12-11+. The monoisotopic (exact) mass is 434 g/mol. The van der Waals surface area contributed by atoms with E-state index >= 15 is 0 Å². The highest BCUT2D eigenvalue weighted by molar-refractivity contribution is 5.78. The number of unbranched alkanes of at least 4 members (excludes halogenated alkanes) is 12. The molecular formula is C27H52N3O+. The van der Waals surface area contributed by atoms with Gasteiger partial charge < -0.3 is 5.32 Å². The van der Waals surface area contributed by atoms with Gasteiger partial charge in [-0.1, -0.05) is 76.9 Å². The lowest BCUT2D eigenvalue weighted by Gasteiger charge is -2.39. The molecule has 0 aromatic heterocycles. The van der Waals surface area contributed by atoms with Gasteiger partial charge in [0.2, 0.25) is 5.91 Å². The van der Waals surface area contributed by atoms with Crippen LogP contribution in [0.3, 0.4) is 0 Å². The van der Waals surface area contributed by atoms with E-state index in [-0.39, 0.29) is 12.1 Å². The average Bonchev–Trinajstić information content (AvgIpc) is 3.17. The fourth-order valence-corrected chi connectivity index (χ4v) is 4.91. The summed E-state index contributed by atoms with van der Waals surface area (Å²) in [5.41, 5.74) is 0. The number of nitrogens with zero attached hydrogens (tertiary/aromatic N) is 2. The number of amides is 1. The number of rotatable bonds is 19. The average molecular weight is 435 g/mol. The van der Waals surface area contributed by atoms with Crippen LogP contribution < -0.4 is 5.32 Å². The zero-order valence-electron chi connectivity index (χ0n) is 21.3. The zero-order chi connectivity index (χ0) is 22.8. The second kappa shape index (κ2) is 17.4. The van der Waals surface area contributed by atoms with Gasteiger partial charge in [0.25, 0.3) is 0 Å². The molecule has 1 rings (SSSR count). The van der Waals surface area contributed by atoms with Crippen LogP contribution in [0.15, 0.2) is 17.1 Å². The third-order valence-electron chi connectivity index (χ3n) is 6.94. The molecule has 1 amide bonds. The third-order valence-corrected chi connectivity index (χ3v) is 6.94. The van der Waals surface area contributed by atoms with Gasteiger partial charge in [-0.25, -0.2) is 4.99 Å². The van der Waals surface area contributed by atoms with Crippen molar-refractivity contribution >= 4 is 11.7 Å². The molecule has 2 unspecified atom stereocenters. The van der Waals surface area contributed by atoms with E-state index in [0.717, 1.165) is 30.5 Å². The van der Waals surface area contributed by atoms with Crippen LogP contribution in [0.2, 0.25) is 0 Å². The molecule has 0 aromatic carbocycles. The molecule has 2 atom stereocenters. The first-order valence-electron chi connectivity index (χ1n) is 13.4. The third kappa shape index (κ3) is 11.3. The molecule has 0 saturated heterocycles. The molecule has 4 heteroatoms. The van der Waals surface area contributed by atoms with Crippen LogP contribution in [0, 0.1) is 0 Å². The lowest BCUT2D eigenvalue weighted by Crippen LogP contribution is -2.62. The van der Waals surface area contributed by atoms with Gasteiger partial charge in [-0.3, -0.25) is 9.28 Å². The topological polar surface area (TPSA) is 41.5 Å². The Kier molecular flexibility index (Phi) is 15.6. The fourth-order valence-electron chi connectivity index (χ4n) is 4.91. The summed E-state index contributed by atoms with van der Waals surface area (Å²) in [6.07, 6.45) is 24.8. The van der Waals surface area contributed by atoms with E-state index in [1.165, 1.54) is 95.7 Å². The van der Waals surface area contributed by atoms with Gasteiger partial charge in [0.1, 0.15) is 6.54 Å². The van der Waals surface area contributed by atoms with Crippen LogP contribution in [-0.2, 0) is 4.79 Å². The summed E-state index contributed by atoms with van der Waals surface area (Å²) in [6.45, 7) is 11.2. The maximum atomic E-state index is 11.5. The summed E-state index contributed by atoms with van der Waals surface area (Å²) in [7, 11) is 0. The van der Waals surface area contributed by atoms with Crippen LogP contribution >= 0.6 is 0 Å². The number of hydrogen-bond donors (Lipinski definition) is 1. The fraction of sp³-hybridized carbons (Fsp3) is 0.852. The molecule has 0 radical (unpaired) electrons. The van der Waals surface area contributed by atoms with Crippen LogP contribution in [0.4, 0.5) is 0 Å². The molecule has 0 aromatic rings. The van der Waals surface area contributed by atoms with E-state index in [1.54, 1.807) is 6.92 Å². The van der Waals surface area contributed by atoms with Crippen molar-refractivity contribution in [3.63, 3.8) is 0 Å². The van der Waals surface area contributed by atoms with Crippen molar-refractivity contribution in [2.24, 2.45) is 4.99 Å². The molecule has 0 bridgehead atoms. The van der Waals surface area contributed by atoms with E-state index in [4.69, 9.17) is 4.99 Å². The van der Waals surface area contributed by atoms with E-state index in [9.17, 15) is 4.79 Å². The Morgan fingerprint density at radius 1 is 0.935 bits per heavy atom. The molecule has 1 aliphatic rings. The van der Waals surface area contributed by atoms with E-state index in [1.807, 2.05) is 0 Å². The maximum Gasteiger partial charge on any atom is 0.221 e. The first-order valence-corrected chi connectivity index (χ1v) is 13.4. The molecule has 0 spiro atoms. The Morgan fingerprint density at radius 2 is 1.48 bits per heavy atom. The molecule has 1 aliphatic heterocycles. The lowest BCUT2D eigenvalue weighted by atomic mass is 10.1. The van der Waals surface area contributed by atoms with Gasteiger partial charge in [-0.15, -0.1) is 0 Å². The molecule has 1 heterocycles. The van der Waals surface area contributed by atoms with Crippen LogP contribution in [0.5, 0.6) is 0 Å². The summed E-state index contributed by atoms with van der Waals surface area (Å²) in [5.74, 6) is 1.37. The first-order chi connectivity index (χ1) is 15.1. The Hall–Kier alpha value is -1.16. The highest BCUT2D eigenvalue weighted by Crippen LogP contribution is 2.23. The molecule has 0 saturated carbocycles. The minimum Gasteiger partial charge on any atom is -0.307 e. The molecule has 0 aliphatic carbocycles. The molecule has 31 heavy (non-hydrogen) atoms. The predicted octanol–water partition coefficient (Wildman–Crippen LogP) is 7.14. The predicted molar refractivity (Wildman–Crippen MR) is 135 cm³/mol. The summed E-state index contributed by atoms with van der Waals surface area (Å²) in [6, 6.07) is 0.